The van der Waals surface area contributed by atoms with Gasteiger partial charge in [0.15, 0.2) is 0 Å². The standard InChI is InChI=1S/C30H42N4O8/c1-20(18-32-10-14-39-15-11-32)41-29(35)26-22(3)31(5)23(4)27(28(26)24-8-6-7-9-25(24)34(37)38)30(36)42-21(2)19-33-12-16-40-17-13-33/h6-9,20-21,28H,10-19H2,1-5H3. The highest BCUT2D eigenvalue weighted by Crippen LogP contribution is 2.45. The second-order valence-corrected chi connectivity index (χ2v) is 11.1. The Morgan fingerprint density at radius 3 is 1.74 bits per heavy atom. The first-order valence-electron chi connectivity index (χ1n) is 14.5. The van der Waals surface area contributed by atoms with Gasteiger partial charge in [0.2, 0.25) is 0 Å². The summed E-state index contributed by atoms with van der Waals surface area (Å²) < 4.78 is 22.7. The molecule has 3 aliphatic rings. The van der Waals surface area contributed by atoms with E-state index in [9.17, 15) is 19.7 Å². The average Bonchev–Trinajstić information content (AvgIpc) is 2.96. The second kappa shape index (κ2) is 14.2. The molecule has 0 aromatic heterocycles. The Labute approximate surface area is 247 Å². The van der Waals surface area contributed by atoms with E-state index in [2.05, 4.69) is 9.80 Å². The fourth-order valence-electron chi connectivity index (χ4n) is 5.78. The zero-order valence-corrected chi connectivity index (χ0v) is 25.2. The highest BCUT2D eigenvalue weighted by molar-refractivity contribution is 6.00. The van der Waals surface area contributed by atoms with Crippen molar-refractivity contribution in [2.45, 2.75) is 45.8 Å². The molecule has 0 spiro atoms. The van der Waals surface area contributed by atoms with Gasteiger partial charge in [0, 0.05) is 69.3 Å². The minimum atomic E-state index is -1.05. The maximum atomic E-state index is 13.9. The van der Waals surface area contributed by atoms with Crippen molar-refractivity contribution >= 4 is 17.6 Å². The molecule has 0 radical (unpaired) electrons. The van der Waals surface area contributed by atoms with E-state index < -0.39 is 35.0 Å². The molecule has 2 fully saturated rings. The molecular formula is C30H42N4O8. The molecule has 3 heterocycles. The van der Waals surface area contributed by atoms with Gasteiger partial charge >= 0.3 is 11.9 Å². The summed E-state index contributed by atoms with van der Waals surface area (Å²) in [7, 11) is 1.76. The average molecular weight is 587 g/mol. The number of para-hydroxylation sites is 1. The van der Waals surface area contributed by atoms with Gasteiger partial charge < -0.3 is 23.8 Å². The molecule has 2 saturated heterocycles. The van der Waals surface area contributed by atoms with Gasteiger partial charge in [-0.2, -0.15) is 0 Å². The summed E-state index contributed by atoms with van der Waals surface area (Å²) in [6.45, 7) is 13.7. The van der Waals surface area contributed by atoms with Gasteiger partial charge in [0.1, 0.15) is 12.2 Å². The molecule has 0 amide bonds. The quantitative estimate of drug-likeness (QED) is 0.228. The Morgan fingerprint density at radius 1 is 0.881 bits per heavy atom. The van der Waals surface area contributed by atoms with Gasteiger partial charge in [-0.05, 0) is 27.7 Å². The van der Waals surface area contributed by atoms with Crippen LogP contribution in [0.1, 0.15) is 39.2 Å². The summed E-state index contributed by atoms with van der Waals surface area (Å²) in [5.74, 6) is -2.29. The van der Waals surface area contributed by atoms with Gasteiger partial charge in [-0.3, -0.25) is 19.9 Å². The molecule has 42 heavy (non-hydrogen) atoms. The van der Waals surface area contributed by atoms with Gasteiger partial charge in [-0.15, -0.1) is 0 Å². The van der Waals surface area contributed by atoms with E-state index in [-0.39, 0.29) is 22.4 Å². The highest BCUT2D eigenvalue weighted by Gasteiger charge is 2.43. The lowest BCUT2D eigenvalue weighted by Crippen LogP contribution is -2.42. The molecule has 0 N–H and O–H groups in total. The minimum absolute atomic E-state index is 0.180. The van der Waals surface area contributed by atoms with Crippen LogP contribution in [0, 0.1) is 10.1 Å². The molecule has 3 aliphatic heterocycles. The summed E-state index contributed by atoms with van der Waals surface area (Å²) in [6.07, 6.45) is -0.910. The number of morpholine rings is 2. The van der Waals surface area contributed by atoms with Crippen LogP contribution in [0.15, 0.2) is 46.8 Å². The summed E-state index contributed by atoms with van der Waals surface area (Å²) in [5.41, 5.74) is 1.51. The molecule has 0 saturated carbocycles. The van der Waals surface area contributed by atoms with E-state index in [4.69, 9.17) is 18.9 Å². The summed E-state index contributed by atoms with van der Waals surface area (Å²) >= 11 is 0. The van der Waals surface area contributed by atoms with E-state index in [0.717, 1.165) is 26.2 Å². The van der Waals surface area contributed by atoms with Crippen molar-refractivity contribution in [3.8, 4) is 0 Å². The van der Waals surface area contributed by atoms with Crippen molar-refractivity contribution in [2.24, 2.45) is 0 Å². The van der Waals surface area contributed by atoms with E-state index >= 15 is 0 Å². The lowest BCUT2D eigenvalue weighted by Gasteiger charge is -2.36. The first kappa shape index (κ1) is 31.6. The largest absolute Gasteiger partial charge is 0.458 e. The monoisotopic (exact) mass is 586 g/mol. The van der Waals surface area contributed by atoms with Crippen LogP contribution in [0.4, 0.5) is 5.69 Å². The molecule has 2 atom stereocenters. The van der Waals surface area contributed by atoms with Crippen LogP contribution in [0.5, 0.6) is 0 Å². The number of hydrogen-bond acceptors (Lipinski definition) is 11. The van der Waals surface area contributed by atoms with E-state index in [1.54, 1.807) is 44.0 Å². The van der Waals surface area contributed by atoms with Crippen molar-refractivity contribution < 1.29 is 33.5 Å². The zero-order chi connectivity index (χ0) is 30.4. The molecule has 0 aliphatic carbocycles. The van der Waals surface area contributed by atoms with Crippen LogP contribution < -0.4 is 0 Å². The molecular weight excluding hydrogens is 544 g/mol. The van der Waals surface area contributed by atoms with Gasteiger partial charge in [0.25, 0.3) is 5.69 Å². The van der Waals surface area contributed by atoms with Crippen molar-refractivity contribution in [3.05, 3.63) is 62.5 Å². The predicted molar refractivity (Wildman–Crippen MR) is 155 cm³/mol. The van der Waals surface area contributed by atoms with Gasteiger partial charge in [-0.25, -0.2) is 9.59 Å². The SMILES string of the molecule is CC1=C(C(=O)OC(C)CN2CCOCC2)C(c2ccccc2[N+](=O)[O-])C(C(=O)OC(C)CN2CCOCC2)=C(C)N1C. The van der Waals surface area contributed by atoms with Crippen LogP contribution in [0.25, 0.3) is 0 Å². The number of esters is 2. The predicted octanol–water partition coefficient (Wildman–Crippen LogP) is 2.70. The van der Waals surface area contributed by atoms with E-state index in [0.29, 0.717) is 50.9 Å². The van der Waals surface area contributed by atoms with E-state index in [1.807, 2.05) is 13.8 Å². The highest BCUT2D eigenvalue weighted by atomic mass is 16.6. The number of nitro benzene ring substituents is 1. The molecule has 12 heteroatoms. The normalized spacial score (nSPS) is 22.1. The Kier molecular flexibility index (Phi) is 10.7. The van der Waals surface area contributed by atoms with Crippen LogP contribution in [-0.2, 0) is 28.5 Å². The zero-order valence-electron chi connectivity index (χ0n) is 25.2. The molecule has 1 aromatic rings. The minimum Gasteiger partial charge on any atom is -0.458 e. The maximum Gasteiger partial charge on any atom is 0.337 e. The number of nitro groups is 1. The smallest absolute Gasteiger partial charge is 0.337 e. The third-order valence-electron chi connectivity index (χ3n) is 8.10. The number of carbonyl (C=O) groups excluding carboxylic acids is 2. The van der Waals surface area contributed by atoms with Gasteiger partial charge in [-0.1, -0.05) is 18.2 Å². The molecule has 12 nitrogen and oxygen atoms in total. The first-order chi connectivity index (χ1) is 20.1. The molecule has 2 unspecified atom stereocenters. The summed E-state index contributed by atoms with van der Waals surface area (Å²) in [4.78, 5) is 45.6. The lowest BCUT2D eigenvalue weighted by atomic mass is 9.79. The van der Waals surface area contributed by atoms with Crippen molar-refractivity contribution in [2.75, 3.05) is 72.7 Å². The fourth-order valence-corrected chi connectivity index (χ4v) is 5.78. The first-order valence-corrected chi connectivity index (χ1v) is 14.5. The number of ether oxygens (including phenoxy) is 4. The molecule has 0 bridgehead atoms. The number of benzene rings is 1. The van der Waals surface area contributed by atoms with Crippen LogP contribution in [-0.4, -0.2) is 117 Å². The second-order valence-electron chi connectivity index (χ2n) is 11.1. The van der Waals surface area contributed by atoms with Gasteiger partial charge in [0.05, 0.1) is 48.4 Å². The number of carbonyl (C=O) groups is 2. The molecule has 230 valence electrons. The van der Waals surface area contributed by atoms with Crippen molar-refractivity contribution in [3.63, 3.8) is 0 Å². The fraction of sp³-hybridized carbons (Fsp3) is 0.600. The Hall–Kier alpha value is -3.32. The Balaban J connectivity index is 1.67. The summed E-state index contributed by atoms with van der Waals surface area (Å²) in [5, 5.41) is 12.1. The number of allylic oxidation sites excluding steroid dienone is 2. The van der Waals surface area contributed by atoms with Crippen LogP contribution in [0.2, 0.25) is 0 Å². The number of nitrogens with zero attached hydrogens (tertiary/aromatic N) is 4. The topological polar surface area (TPSA) is 124 Å². The third kappa shape index (κ3) is 7.35. The van der Waals surface area contributed by atoms with E-state index in [1.165, 1.54) is 6.07 Å². The van der Waals surface area contributed by atoms with Crippen LogP contribution in [0.3, 0.4) is 0 Å². The van der Waals surface area contributed by atoms with Crippen LogP contribution >= 0.6 is 0 Å². The van der Waals surface area contributed by atoms with Crippen molar-refractivity contribution in [1.82, 2.24) is 14.7 Å². The Bertz CT molecular complexity index is 1160. The van der Waals surface area contributed by atoms with Crippen molar-refractivity contribution in [1.29, 1.82) is 0 Å². The lowest BCUT2D eigenvalue weighted by molar-refractivity contribution is -0.385. The summed E-state index contributed by atoms with van der Waals surface area (Å²) in [6, 6.07) is 6.20. The Morgan fingerprint density at radius 2 is 1.31 bits per heavy atom. The molecule has 1 aromatic carbocycles. The maximum absolute atomic E-state index is 13.9. The third-order valence-corrected chi connectivity index (χ3v) is 8.10. The number of hydrogen-bond donors (Lipinski definition) is 0. The number of rotatable bonds is 10. The molecule has 4 rings (SSSR count).